The van der Waals surface area contributed by atoms with Gasteiger partial charge >= 0.3 is 0 Å². The summed E-state index contributed by atoms with van der Waals surface area (Å²) in [6, 6.07) is 18.2. The average molecular weight is 324 g/mol. The molecular weight excluding hydrogens is 300 g/mol. The van der Waals surface area contributed by atoms with Crippen molar-refractivity contribution in [3.05, 3.63) is 54.6 Å². The molecule has 4 nitrogen and oxygen atoms in total. The Hall–Kier alpha value is -2.33. The van der Waals surface area contributed by atoms with Crippen LogP contribution in [0.2, 0.25) is 0 Å². The molecule has 2 atom stereocenters. The highest BCUT2D eigenvalue weighted by Gasteiger charge is 2.20. The molecule has 2 aromatic rings. The van der Waals surface area contributed by atoms with Gasteiger partial charge in [-0.3, -0.25) is 4.79 Å². The molecule has 4 heteroatoms. The molecule has 24 heavy (non-hydrogen) atoms. The Morgan fingerprint density at radius 2 is 1.83 bits per heavy atom. The minimum atomic E-state index is -0.505. The van der Waals surface area contributed by atoms with Crippen LogP contribution in [0.15, 0.2) is 54.6 Å². The van der Waals surface area contributed by atoms with Crippen molar-refractivity contribution in [3.8, 4) is 16.9 Å². The summed E-state index contributed by atoms with van der Waals surface area (Å²) in [5.41, 5.74) is 2.30. The second-order valence-electron chi connectivity index (χ2n) is 6.20. The van der Waals surface area contributed by atoms with Crippen molar-refractivity contribution < 1.29 is 9.53 Å². The van der Waals surface area contributed by atoms with Crippen LogP contribution in [0.1, 0.15) is 19.8 Å². The quantitative estimate of drug-likeness (QED) is 0.889. The highest BCUT2D eigenvalue weighted by Crippen LogP contribution is 2.22. The van der Waals surface area contributed by atoms with Gasteiger partial charge in [-0.05, 0) is 49.6 Å². The number of carbonyl (C=O) groups excluding carboxylic acids is 1. The summed E-state index contributed by atoms with van der Waals surface area (Å²) in [5.74, 6) is 0.648. The Bertz CT molecular complexity index is 649. The molecule has 2 N–H and O–H groups in total. The van der Waals surface area contributed by atoms with E-state index in [0.29, 0.717) is 5.75 Å². The first-order valence-electron chi connectivity index (χ1n) is 8.55. The number of ether oxygens (including phenoxy) is 1. The van der Waals surface area contributed by atoms with Crippen LogP contribution in [0.5, 0.6) is 5.75 Å². The summed E-state index contributed by atoms with van der Waals surface area (Å²) in [6.07, 6.45) is 1.62. The van der Waals surface area contributed by atoms with Gasteiger partial charge in [0.15, 0.2) is 6.10 Å². The molecule has 1 fully saturated rings. The van der Waals surface area contributed by atoms with Crippen LogP contribution in [0.25, 0.3) is 11.1 Å². The molecule has 0 radical (unpaired) electrons. The maximum atomic E-state index is 12.2. The van der Waals surface area contributed by atoms with Crippen LogP contribution in [-0.2, 0) is 4.79 Å². The zero-order valence-corrected chi connectivity index (χ0v) is 14.0. The SMILES string of the molecule is CC(Oc1ccc(-c2ccccc2)cc1)C(=O)NC1CCCNC1. The summed E-state index contributed by atoms with van der Waals surface area (Å²) >= 11 is 0. The fourth-order valence-electron chi connectivity index (χ4n) is 2.91. The molecule has 1 aliphatic heterocycles. The second kappa shape index (κ2) is 7.97. The van der Waals surface area contributed by atoms with Crippen LogP contribution in [0.3, 0.4) is 0 Å². The second-order valence-corrected chi connectivity index (χ2v) is 6.20. The third-order valence-electron chi connectivity index (χ3n) is 4.29. The Labute approximate surface area is 143 Å². The van der Waals surface area contributed by atoms with E-state index in [4.69, 9.17) is 4.74 Å². The van der Waals surface area contributed by atoms with Crippen molar-refractivity contribution in [1.29, 1.82) is 0 Å². The van der Waals surface area contributed by atoms with E-state index >= 15 is 0 Å². The lowest BCUT2D eigenvalue weighted by atomic mass is 10.1. The smallest absolute Gasteiger partial charge is 0.261 e. The lowest BCUT2D eigenvalue weighted by Gasteiger charge is -2.25. The Balaban J connectivity index is 1.56. The third-order valence-corrected chi connectivity index (χ3v) is 4.29. The number of amides is 1. The van der Waals surface area contributed by atoms with E-state index in [1.54, 1.807) is 6.92 Å². The van der Waals surface area contributed by atoms with E-state index in [2.05, 4.69) is 22.8 Å². The largest absolute Gasteiger partial charge is 0.481 e. The van der Waals surface area contributed by atoms with Crippen molar-refractivity contribution in [2.45, 2.75) is 31.9 Å². The van der Waals surface area contributed by atoms with Gasteiger partial charge in [0, 0.05) is 12.6 Å². The number of benzene rings is 2. The van der Waals surface area contributed by atoms with E-state index in [1.165, 1.54) is 5.56 Å². The molecule has 0 bridgehead atoms. The van der Waals surface area contributed by atoms with E-state index in [-0.39, 0.29) is 11.9 Å². The number of piperidine rings is 1. The number of carbonyl (C=O) groups is 1. The summed E-state index contributed by atoms with van der Waals surface area (Å²) in [6.45, 7) is 3.66. The van der Waals surface area contributed by atoms with Crippen molar-refractivity contribution in [1.82, 2.24) is 10.6 Å². The number of hydrogen-bond acceptors (Lipinski definition) is 3. The molecule has 3 rings (SSSR count). The molecule has 1 amide bonds. The third kappa shape index (κ3) is 4.36. The van der Waals surface area contributed by atoms with Crippen LogP contribution < -0.4 is 15.4 Å². The Morgan fingerprint density at radius 3 is 2.50 bits per heavy atom. The van der Waals surface area contributed by atoms with Gasteiger partial charge in [-0.2, -0.15) is 0 Å². The molecule has 0 spiro atoms. The first-order chi connectivity index (χ1) is 11.7. The average Bonchev–Trinajstić information content (AvgIpc) is 2.64. The lowest BCUT2D eigenvalue weighted by Crippen LogP contribution is -2.49. The summed E-state index contributed by atoms with van der Waals surface area (Å²) in [4.78, 5) is 12.2. The molecule has 1 heterocycles. The van der Waals surface area contributed by atoms with E-state index in [0.717, 1.165) is 31.5 Å². The predicted molar refractivity (Wildman–Crippen MR) is 96.0 cm³/mol. The van der Waals surface area contributed by atoms with Crippen LogP contribution in [0.4, 0.5) is 0 Å². The summed E-state index contributed by atoms with van der Waals surface area (Å²) in [7, 11) is 0. The van der Waals surface area contributed by atoms with Crippen LogP contribution >= 0.6 is 0 Å². The predicted octanol–water partition coefficient (Wildman–Crippen LogP) is 2.99. The zero-order valence-electron chi connectivity index (χ0n) is 14.0. The number of nitrogens with one attached hydrogen (secondary N) is 2. The molecule has 2 unspecified atom stereocenters. The first kappa shape index (κ1) is 16.5. The first-order valence-corrected chi connectivity index (χ1v) is 8.55. The molecule has 2 aromatic carbocycles. The minimum Gasteiger partial charge on any atom is -0.481 e. The highest BCUT2D eigenvalue weighted by atomic mass is 16.5. The molecule has 126 valence electrons. The molecule has 0 aromatic heterocycles. The Kier molecular flexibility index (Phi) is 5.49. The normalized spacial score (nSPS) is 18.6. The Morgan fingerprint density at radius 1 is 1.12 bits per heavy atom. The monoisotopic (exact) mass is 324 g/mol. The van der Waals surface area contributed by atoms with Crippen molar-refractivity contribution >= 4 is 5.91 Å². The maximum absolute atomic E-state index is 12.2. The molecule has 1 saturated heterocycles. The topological polar surface area (TPSA) is 50.4 Å². The number of hydrogen-bond donors (Lipinski definition) is 2. The fraction of sp³-hybridized carbons (Fsp3) is 0.350. The molecule has 0 aliphatic carbocycles. The van der Waals surface area contributed by atoms with Gasteiger partial charge in [-0.1, -0.05) is 42.5 Å². The van der Waals surface area contributed by atoms with Gasteiger partial charge in [-0.25, -0.2) is 0 Å². The van der Waals surface area contributed by atoms with Gasteiger partial charge in [0.1, 0.15) is 5.75 Å². The maximum Gasteiger partial charge on any atom is 0.261 e. The van der Waals surface area contributed by atoms with Crippen LogP contribution in [-0.4, -0.2) is 31.1 Å². The summed E-state index contributed by atoms with van der Waals surface area (Å²) in [5, 5.41) is 6.34. The molecular formula is C20H24N2O2. The van der Waals surface area contributed by atoms with Crippen molar-refractivity contribution in [2.75, 3.05) is 13.1 Å². The van der Waals surface area contributed by atoms with Gasteiger partial charge in [0.25, 0.3) is 5.91 Å². The van der Waals surface area contributed by atoms with E-state index in [9.17, 15) is 4.79 Å². The van der Waals surface area contributed by atoms with E-state index < -0.39 is 6.10 Å². The van der Waals surface area contributed by atoms with Crippen LogP contribution in [0, 0.1) is 0 Å². The number of rotatable bonds is 5. The molecule has 0 saturated carbocycles. The van der Waals surface area contributed by atoms with Crippen molar-refractivity contribution in [3.63, 3.8) is 0 Å². The fourth-order valence-corrected chi connectivity index (χ4v) is 2.91. The lowest BCUT2D eigenvalue weighted by molar-refractivity contribution is -0.128. The summed E-state index contributed by atoms with van der Waals surface area (Å²) < 4.78 is 5.78. The molecule has 1 aliphatic rings. The van der Waals surface area contributed by atoms with Gasteiger partial charge in [0.2, 0.25) is 0 Å². The highest BCUT2D eigenvalue weighted by molar-refractivity contribution is 5.81. The van der Waals surface area contributed by atoms with Gasteiger partial charge in [-0.15, -0.1) is 0 Å². The minimum absolute atomic E-state index is 0.0594. The standard InChI is InChI=1S/C20H24N2O2/c1-15(20(23)22-18-8-5-13-21-14-18)24-19-11-9-17(10-12-19)16-6-3-2-4-7-16/h2-4,6-7,9-12,15,18,21H,5,8,13-14H2,1H3,(H,22,23). The van der Waals surface area contributed by atoms with Crippen molar-refractivity contribution in [2.24, 2.45) is 0 Å². The van der Waals surface area contributed by atoms with E-state index in [1.807, 2.05) is 42.5 Å². The zero-order chi connectivity index (χ0) is 16.8. The van der Waals surface area contributed by atoms with Gasteiger partial charge < -0.3 is 15.4 Å². The van der Waals surface area contributed by atoms with Gasteiger partial charge in [0.05, 0.1) is 0 Å².